The molecule has 3 aromatic rings. The Morgan fingerprint density at radius 3 is 2.95 bits per heavy atom. The number of ether oxygens (including phenoxy) is 1. The minimum absolute atomic E-state index is 0.315. The maximum atomic E-state index is 12.1. The average molecular weight is 254 g/mol. The molecule has 0 aliphatic heterocycles. The summed E-state index contributed by atoms with van der Waals surface area (Å²) in [4.78, 5) is 19.4. The Labute approximate surface area is 110 Å². The van der Waals surface area contributed by atoms with Crippen LogP contribution < -0.4 is 0 Å². The van der Waals surface area contributed by atoms with Crippen LogP contribution in [0.15, 0.2) is 36.7 Å². The Bertz CT molecular complexity index is 746. The number of pyridine rings is 1. The standard InChI is InChI=1S/C15H14N2O2/c1-2-7-19-15(18)11-8-16-9-13-14(11)10-5-3-4-6-12(10)17-13/h3-6,8-9,17H,2,7H2,1H3. The summed E-state index contributed by atoms with van der Waals surface area (Å²) in [5.74, 6) is -0.315. The zero-order valence-corrected chi connectivity index (χ0v) is 10.6. The molecule has 0 aliphatic carbocycles. The summed E-state index contributed by atoms with van der Waals surface area (Å²) in [6, 6.07) is 7.89. The van der Waals surface area contributed by atoms with Crippen LogP contribution in [-0.4, -0.2) is 22.5 Å². The molecule has 0 saturated heterocycles. The third-order valence-corrected chi connectivity index (χ3v) is 3.07. The number of aromatic nitrogens is 2. The van der Waals surface area contributed by atoms with Gasteiger partial charge in [0.2, 0.25) is 0 Å². The van der Waals surface area contributed by atoms with E-state index in [0.717, 1.165) is 28.2 Å². The van der Waals surface area contributed by atoms with Crippen molar-refractivity contribution in [3.63, 3.8) is 0 Å². The van der Waals surface area contributed by atoms with E-state index in [4.69, 9.17) is 4.74 Å². The van der Waals surface area contributed by atoms with E-state index in [1.165, 1.54) is 0 Å². The molecule has 0 fully saturated rings. The van der Waals surface area contributed by atoms with E-state index in [0.29, 0.717) is 12.2 Å². The summed E-state index contributed by atoms with van der Waals surface area (Å²) < 4.78 is 5.21. The highest BCUT2D eigenvalue weighted by atomic mass is 16.5. The number of hydrogen-bond acceptors (Lipinski definition) is 3. The molecule has 0 radical (unpaired) electrons. The molecule has 4 heteroatoms. The first-order valence-corrected chi connectivity index (χ1v) is 6.33. The molecule has 2 heterocycles. The molecule has 1 N–H and O–H groups in total. The monoisotopic (exact) mass is 254 g/mol. The number of carbonyl (C=O) groups is 1. The fraction of sp³-hybridized carbons (Fsp3) is 0.200. The van der Waals surface area contributed by atoms with E-state index < -0.39 is 0 Å². The first-order valence-electron chi connectivity index (χ1n) is 6.33. The second-order valence-corrected chi connectivity index (χ2v) is 4.42. The van der Waals surface area contributed by atoms with Gasteiger partial charge in [0.05, 0.1) is 23.9 Å². The predicted octanol–water partition coefficient (Wildman–Crippen LogP) is 3.28. The Morgan fingerprint density at radius 2 is 2.11 bits per heavy atom. The molecule has 3 rings (SSSR count). The maximum absolute atomic E-state index is 12.1. The van der Waals surface area contributed by atoms with Gasteiger partial charge in [-0.1, -0.05) is 25.1 Å². The molecule has 1 aromatic carbocycles. The summed E-state index contributed by atoms with van der Waals surface area (Å²) in [5.41, 5.74) is 2.37. The van der Waals surface area contributed by atoms with E-state index in [1.54, 1.807) is 12.4 Å². The average Bonchev–Trinajstić information content (AvgIpc) is 2.83. The number of nitrogens with zero attached hydrogens (tertiary/aromatic N) is 1. The quantitative estimate of drug-likeness (QED) is 0.730. The van der Waals surface area contributed by atoms with Gasteiger partial charge in [-0.05, 0) is 12.5 Å². The summed E-state index contributed by atoms with van der Waals surface area (Å²) in [7, 11) is 0. The van der Waals surface area contributed by atoms with Crippen LogP contribution in [0.4, 0.5) is 0 Å². The molecule has 0 saturated carbocycles. The number of rotatable bonds is 3. The molecule has 0 spiro atoms. The largest absolute Gasteiger partial charge is 0.462 e. The van der Waals surface area contributed by atoms with Crippen LogP contribution in [0, 0.1) is 0 Å². The van der Waals surface area contributed by atoms with Crippen LogP contribution in [0.25, 0.3) is 21.8 Å². The van der Waals surface area contributed by atoms with E-state index in [-0.39, 0.29) is 5.97 Å². The molecule has 19 heavy (non-hydrogen) atoms. The minimum Gasteiger partial charge on any atom is -0.462 e. The molecule has 0 bridgehead atoms. The Morgan fingerprint density at radius 1 is 1.26 bits per heavy atom. The van der Waals surface area contributed by atoms with Crippen LogP contribution in [0.2, 0.25) is 0 Å². The fourth-order valence-corrected chi connectivity index (χ4v) is 2.23. The van der Waals surface area contributed by atoms with Crippen molar-refractivity contribution >= 4 is 27.8 Å². The van der Waals surface area contributed by atoms with E-state index >= 15 is 0 Å². The lowest BCUT2D eigenvalue weighted by Gasteiger charge is -2.04. The highest BCUT2D eigenvalue weighted by Gasteiger charge is 2.15. The maximum Gasteiger partial charge on any atom is 0.340 e. The van der Waals surface area contributed by atoms with Crippen molar-refractivity contribution in [2.24, 2.45) is 0 Å². The van der Waals surface area contributed by atoms with Crippen LogP contribution >= 0.6 is 0 Å². The predicted molar refractivity (Wildman–Crippen MR) is 74.2 cm³/mol. The van der Waals surface area contributed by atoms with Gasteiger partial charge >= 0.3 is 5.97 Å². The molecule has 0 amide bonds. The third kappa shape index (κ3) is 1.95. The van der Waals surface area contributed by atoms with Gasteiger partial charge in [-0.25, -0.2) is 4.79 Å². The number of benzene rings is 1. The summed E-state index contributed by atoms with van der Waals surface area (Å²) in [6.45, 7) is 2.40. The van der Waals surface area contributed by atoms with Crippen LogP contribution in [-0.2, 0) is 4.74 Å². The summed E-state index contributed by atoms with van der Waals surface area (Å²) >= 11 is 0. The van der Waals surface area contributed by atoms with Gasteiger partial charge in [0.25, 0.3) is 0 Å². The van der Waals surface area contributed by atoms with Crippen molar-refractivity contribution in [1.29, 1.82) is 0 Å². The Balaban J connectivity index is 2.21. The molecule has 4 nitrogen and oxygen atoms in total. The van der Waals surface area contributed by atoms with Crippen molar-refractivity contribution in [3.05, 3.63) is 42.2 Å². The van der Waals surface area contributed by atoms with Crippen molar-refractivity contribution in [1.82, 2.24) is 9.97 Å². The number of hydrogen-bond donors (Lipinski definition) is 1. The van der Waals surface area contributed by atoms with Gasteiger partial charge in [-0.3, -0.25) is 4.98 Å². The molecule has 0 atom stereocenters. The lowest BCUT2D eigenvalue weighted by Crippen LogP contribution is -2.06. The van der Waals surface area contributed by atoms with Gasteiger partial charge in [-0.15, -0.1) is 0 Å². The van der Waals surface area contributed by atoms with Gasteiger partial charge in [-0.2, -0.15) is 0 Å². The van der Waals surface area contributed by atoms with Crippen LogP contribution in [0.1, 0.15) is 23.7 Å². The number of H-pyrrole nitrogens is 1. The minimum atomic E-state index is -0.315. The number of fused-ring (bicyclic) bond motifs is 3. The highest BCUT2D eigenvalue weighted by Crippen LogP contribution is 2.27. The number of esters is 1. The second kappa shape index (κ2) is 4.72. The molecular formula is C15H14N2O2. The Kier molecular flexibility index (Phi) is 2.91. The summed E-state index contributed by atoms with van der Waals surface area (Å²) in [6.07, 6.45) is 4.11. The fourth-order valence-electron chi connectivity index (χ4n) is 2.23. The van der Waals surface area contributed by atoms with Crippen molar-refractivity contribution < 1.29 is 9.53 Å². The molecule has 0 aliphatic rings. The van der Waals surface area contributed by atoms with Crippen LogP contribution in [0.3, 0.4) is 0 Å². The second-order valence-electron chi connectivity index (χ2n) is 4.42. The summed E-state index contributed by atoms with van der Waals surface area (Å²) in [5, 5.41) is 1.90. The SMILES string of the molecule is CCCOC(=O)c1cncc2[nH]c3ccccc3c12. The van der Waals surface area contributed by atoms with Gasteiger partial charge in [0.15, 0.2) is 0 Å². The number of aromatic amines is 1. The normalized spacial score (nSPS) is 11.0. The first-order chi connectivity index (χ1) is 9.31. The van der Waals surface area contributed by atoms with Crippen molar-refractivity contribution in [3.8, 4) is 0 Å². The van der Waals surface area contributed by atoms with Gasteiger partial charge < -0.3 is 9.72 Å². The number of para-hydroxylation sites is 1. The molecule has 2 aromatic heterocycles. The van der Waals surface area contributed by atoms with Gasteiger partial charge in [0.1, 0.15) is 0 Å². The lowest BCUT2D eigenvalue weighted by atomic mass is 10.1. The molecule has 0 unspecified atom stereocenters. The first kappa shape index (κ1) is 11.7. The third-order valence-electron chi connectivity index (χ3n) is 3.07. The van der Waals surface area contributed by atoms with Gasteiger partial charge in [0, 0.05) is 22.5 Å². The van der Waals surface area contributed by atoms with Crippen molar-refractivity contribution in [2.45, 2.75) is 13.3 Å². The zero-order chi connectivity index (χ0) is 13.2. The Hall–Kier alpha value is -2.36. The zero-order valence-electron chi connectivity index (χ0n) is 10.6. The number of nitrogens with one attached hydrogen (secondary N) is 1. The van der Waals surface area contributed by atoms with E-state index in [2.05, 4.69) is 9.97 Å². The molecule has 96 valence electrons. The smallest absolute Gasteiger partial charge is 0.340 e. The molecular weight excluding hydrogens is 240 g/mol. The van der Waals surface area contributed by atoms with E-state index in [9.17, 15) is 4.79 Å². The lowest BCUT2D eigenvalue weighted by molar-refractivity contribution is 0.0507. The number of carbonyl (C=O) groups excluding carboxylic acids is 1. The topological polar surface area (TPSA) is 55.0 Å². The van der Waals surface area contributed by atoms with E-state index in [1.807, 2.05) is 31.2 Å². The highest BCUT2D eigenvalue weighted by molar-refractivity contribution is 6.16. The van der Waals surface area contributed by atoms with Crippen molar-refractivity contribution in [2.75, 3.05) is 6.61 Å². The van der Waals surface area contributed by atoms with Crippen LogP contribution in [0.5, 0.6) is 0 Å².